The van der Waals surface area contributed by atoms with Gasteiger partial charge >= 0.3 is 0 Å². The second-order valence-electron chi connectivity index (χ2n) is 5.08. The number of hydrogen-bond acceptors (Lipinski definition) is 3. The number of nitrogens with one attached hydrogen (secondary N) is 2. The van der Waals surface area contributed by atoms with Crippen molar-refractivity contribution < 1.29 is 13.2 Å². The number of carbonyl (C=O) groups excluding carboxylic acids is 1. The van der Waals surface area contributed by atoms with E-state index in [1.165, 1.54) is 6.92 Å². The molecule has 0 radical (unpaired) electrons. The van der Waals surface area contributed by atoms with Gasteiger partial charge in [-0.2, -0.15) is 0 Å². The standard InChI is InChI=1S/C16H18N2O3S/c1-11-8-9-14(10-12(11)2)22(20,21)18-16-7-5-4-6-15(16)17-13(3)19/h4-10,18H,1-3H3,(H,17,19). The van der Waals surface area contributed by atoms with E-state index in [1.54, 1.807) is 42.5 Å². The molecule has 0 bridgehead atoms. The summed E-state index contributed by atoms with van der Waals surface area (Å²) in [5.41, 5.74) is 2.67. The summed E-state index contributed by atoms with van der Waals surface area (Å²) in [5.74, 6) is -0.266. The van der Waals surface area contributed by atoms with Crippen LogP contribution in [0.4, 0.5) is 11.4 Å². The van der Waals surface area contributed by atoms with Crippen molar-refractivity contribution in [2.75, 3.05) is 10.0 Å². The van der Waals surface area contributed by atoms with Gasteiger partial charge in [0.15, 0.2) is 0 Å². The van der Waals surface area contributed by atoms with Gasteiger partial charge < -0.3 is 5.32 Å². The minimum atomic E-state index is -3.71. The fourth-order valence-corrected chi connectivity index (χ4v) is 3.12. The molecule has 0 aliphatic rings. The zero-order chi connectivity index (χ0) is 16.3. The average Bonchev–Trinajstić information content (AvgIpc) is 2.43. The maximum Gasteiger partial charge on any atom is 0.261 e. The minimum Gasteiger partial charge on any atom is -0.325 e. The molecule has 22 heavy (non-hydrogen) atoms. The van der Waals surface area contributed by atoms with Crippen molar-refractivity contribution in [3.8, 4) is 0 Å². The third-order valence-electron chi connectivity index (χ3n) is 3.27. The molecule has 5 nitrogen and oxygen atoms in total. The summed E-state index contributed by atoms with van der Waals surface area (Å²) >= 11 is 0. The zero-order valence-electron chi connectivity index (χ0n) is 12.7. The van der Waals surface area contributed by atoms with Gasteiger partial charge in [-0.1, -0.05) is 18.2 Å². The number of hydrogen-bond donors (Lipinski definition) is 2. The summed E-state index contributed by atoms with van der Waals surface area (Å²) in [6.07, 6.45) is 0. The van der Waals surface area contributed by atoms with Crippen LogP contribution >= 0.6 is 0 Å². The molecule has 0 saturated carbocycles. The van der Waals surface area contributed by atoms with Crippen LogP contribution in [-0.4, -0.2) is 14.3 Å². The molecule has 1 amide bonds. The summed E-state index contributed by atoms with van der Waals surface area (Å²) in [5, 5.41) is 2.60. The maximum atomic E-state index is 12.5. The Bertz CT molecular complexity index is 814. The van der Waals surface area contributed by atoms with E-state index in [0.717, 1.165) is 11.1 Å². The first kappa shape index (κ1) is 16.0. The highest BCUT2D eigenvalue weighted by atomic mass is 32.2. The number of aryl methyl sites for hydroxylation is 2. The van der Waals surface area contributed by atoms with Crippen LogP contribution in [0.3, 0.4) is 0 Å². The number of anilines is 2. The van der Waals surface area contributed by atoms with Gasteiger partial charge in [0, 0.05) is 6.92 Å². The molecule has 0 aliphatic heterocycles. The second-order valence-corrected chi connectivity index (χ2v) is 6.76. The third kappa shape index (κ3) is 3.65. The SMILES string of the molecule is CC(=O)Nc1ccccc1NS(=O)(=O)c1ccc(C)c(C)c1. The monoisotopic (exact) mass is 318 g/mol. The lowest BCUT2D eigenvalue weighted by atomic mass is 10.1. The number of rotatable bonds is 4. The molecule has 0 spiro atoms. The van der Waals surface area contributed by atoms with Gasteiger partial charge in [0.25, 0.3) is 10.0 Å². The molecule has 0 unspecified atom stereocenters. The number of benzene rings is 2. The first-order valence-electron chi connectivity index (χ1n) is 6.76. The van der Waals surface area contributed by atoms with Crippen LogP contribution in [0.25, 0.3) is 0 Å². The van der Waals surface area contributed by atoms with Crippen molar-refractivity contribution >= 4 is 27.3 Å². The van der Waals surface area contributed by atoms with Gasteiger partial charge in [0.2, 0.25) is 5.91 Å². The Morgan fingerprint density at radius 1 is 0.955 bits per heavy atom. The minimum absolute atomic E-state index is 0.188. The second kappa shape index (κ2) is 6.19. The molecule has 0 atom stereocenters. The quantitative estimate of drug-likeness (QED) is 0.909. The van der Waals surface area contributed by atoms with E-state index in [-0.39, 0.29) is 10.8 Å². The smallest absolute Gasteiger partial charge is 0.261 e. The molecular weight excluding hydrogens is 300 g/mol. The van der Waals surface area contributed by atoms with E-state index in [1.807, 2.05) is 13.8 Å². The van der Waals surface area contributed by atoms with Gasteiger partial charge in [-0.25, -0.2) is 8.42 Å². The topological polar surface area (TPSA) is 75.3 Å². The molecule has 2 N–H and O–H groups in total. The van der Waals surface area contributed by atoms with Crippen LogP contribution in [0.15, 0.2) is 47.4 Å². The molecule has 0 fully saturated rings. The zero-order valence-corrected chi connectivity index (χ0v) is 13.5. The highest BCUT2D eigenvalue weighted by Gasteiger charge is 2.16. The van der Waals surface area contributed by atoms with Crippen molar-refractivity contribution in [1.82, 2.24) is 0 Å². The summed E-state index contributed by atoms with van der Waals surface area (Å²) in [4.78, 5) is 11.4. The molecule has 0 aliphatic carbocycles. The molecular formula is C16H18N2O3S. The Morgan fingerprint density at radius 2 is 1.59 bits per heavy atom. The van der Waals surface area contributed by atoms with Gasteiger partial charge in [-0.3, -0.25) is 9.52 Å². The summed E-state index contributed by atoms with van der Waals surface area (Å²) in [6, 6.07) is 11.6. The van der Waals surface area contributed by atoms with Crippen LogP contribution in [-0.2, 0) is 14.8 Å². The van der Waals surface area contributed by atoms with Crippen molar-refractivity contribution in [2.24, 2.45) is 0 Å². The van der Waals surface area contributed by atoms with Crippen LogP contribution < -0.4 is 10.0 Å². The number of para-hydroxylation sites is 2. The van der Waals surface area contributed by atoms with E-state index >= 15 is 0 Å². The lowest BCUT2D eigenvalue weighted by Gasteiger charge is -2.13. The molecule has 6 heteroatoms. The number of amides is 1. The Morgan fingerprint density at radius 3 is 2.18 bits per heavy atom. The molecule has 2 aromatic carbocycles. The fraction of sp³-hybridized carbons (Fsp3) is 0.188. The Kier molecular flexibility index (Phi) is 4.51. The molecule has 0 heterocycles. The van der Waals surface area contributed by atoms with E-state index in [9.17, 15) is 13.2 Å². The van der Waals surface area contributed by atoms with Crippen LogP contribution in [0.1, 0.15) is 18.1 Å². The summed E-state index contributed by atoms with van der Waals surface area (Å²) in [6.45, 7) is 5.15. The van der Waals surface area contributed by atoms with Gasteiger partial charge in [-0.15, -0.1) is 0 Å². The lowest BCUT2D eigenvalue weighted by Crippen LogP contribution is -2.16. The highest BCUT2D eigenvalue weighted by Crippen LogP contribution is 2.25. The molecule has 0 saturated heterocycles. The van der Waals surface area contributed by atoms with Crippen molar-refractivity contribution in [1.29, 1.82) is 0 Å². The largest absolute Gasteiger partial charge is 0.325 e. The van der Waals surface area contributed by atoms with Gasteiger partial charge in [0.1, 0.15) is 0 Å². The van der Waals surface area contributed by atoms with E-state index < -0.39 is 10.0 Å². The molecule has 2 rings (SSSR count). The van der Waals surface area contributed by atoms with Crippen LogP contribution in [0.5, 0.6) is 0 Å². The van der Waals surface area contributed by atoms with Crippen molar-refractivity contribution in [3.63, 3.8) is 0 Å². The predicted molar refractivity (Wildman–Crippen MR) is 87.5 cm³/mol. The predicted octanol–water partition coefficient (Wildman–Crippen LogP) is 3.06. The van der Waals surface area contributed by atoms with Gasteiger partial charge in [0.05, 0.1) is 16.3 Å². The third-order valence-corrected chi connectivity index (χ3v) is 4.63. The first-order valence-corrected chi connectivity index (χ1v) is 8.24. The van der Waals surface area contributed by atoms with Crippen LogP contribution in [0.2, 0.25) is 0 Å². The first-order chi connectivity index (χ1) is 10.3. The molecule has 0 aromatic heterocycles. The van der Waals surface area contributed by atoms with E-state index in [0.29, 0.717) is 11.4 Å². The van der Waals surface area contributed by atoms with E-state index in [2.05, 4.69) is 10.0 Å². The summed E-state index contributed by atoms with van der Waals surface area (Å²) < 4.78 is 27.5. The van der Waals surface area contributed by atoms with Crippen molar-refractivity contribution in [3.05, 3.63) is 53.6 Å². The Balaban J connectivity index is 2.36. The highest BCUT2D eigenvalue weighted by molar-refractivity contribution is 7.92. The van der Waals surface area contributed by atoms with Crippen molar-refractivity contribution in [2.45, 2.75) is 25.7 Å². The lowest BCUT2D eigenvalue weighted by molar-refractivity contribution is -0.114. The maximum absolute atomic E-state index is 12.5. The summed E-state index contributed by atoms with van der Waals surface area (Å²) in [7, 11) is -3.71. The Labute approximate surface area is 130 Å². The fourth-order valence-electron chi connectivity index (χ4n) is 1.96. The molecule has 2 aromatic rings. The van der Waals surface area contributed by atoms with Gasteiger partial charge in [-0.05, 0) is 49.2 Å². The normalized spacial score (nSPS) is 11.0. The number of sulfonamides is 1. The number of carbonyl (C=O) groups is 1. The van der Waals surface area contributed by atoms with Crippen LogP contribution in [0, 0.1) is 13.8 Å². The Hall–Kier alpha value is -2.34. The average molecular weight is 318 g/mol. The van der Waals surface area contributed by atoms with E-state index in [4.69, 9.17) is 0 Å². The molecule has 116 valence electrons.